The fraction of sp³-hybridized carbons (Fsp3) is 0.533. The summed E-state index contributed by atoms with van der Waals surface area (Å²) in [6, 6.07) is 8.58. The molecule has 1 aromatic carbocycles. The van der Waals surface area contributed by atoms with E-state index in [2.05, 4.69) is 0 Å². The summed E-state index contributed by atoms with van der Waals surface area (Å²) in [6.07, 6.45) is -1.75. The van der Waals surface area contributed by atoms with Crippen LogP contribution in [0, 0.1) is 0 Å². The van der Waals surface area contributed by atoms with Crippen LogP contribution < -0.4 is 0 Å². The smallest absolute Gasteiger partial charge is 0.338 e. The Kier molecular flexibility index (Phi) is 6.50. The molecule has 1 N–H and O–H groups in total. The minimum Gasteiger partial charge on any atom is -0.459 e. The van der Waals surface area contributed by atoms with E-state index in [1.54, 1.807) is 37.3 Å². The molecule has 0 aliphatic rings. The third-order valence-corrected chi connectivity index (χ3v) is 2.88. The molecule has 3 atom stereocenters. The summed E-state index contributed by atoms with van der Waals surface area (Å²) in [5, 5.41) is 9.50. The number of rotatable bonds is 7. The maximum absolute atomic E-state index is 13.6. The lowest BCUT2D eigenvalue weighted by Crippen LogP contribution is -2.27. The van der Waals surface area contributed by atoms with Gasteiger partial charge in [-0.1, -0.05) is 31.5 Å². The van der Waals surface area contributed by atoms with Gasteiger partial charge in [0.25, 0.3) is 0 Å². The van der Waals surface area contributed by atoms with Crippen molar-refractivity contribution in [2.45, 2.75) is 51.5 Å². The molecule has 0 aromatic heterocycles. The molecule has 0 amide bonds. The van der Waals surface area contributed by atoms with Crippen LogP contribution in [0.25, 0.3) is 0 Å². The Balaban J connectivity index is 2.43. The van der Waals surface area contributed by atoms with Gasteiger partial charge in [0, 0.05) is 6.42 Å². The lowest BCUT2D eigenvalue weighted by atomic mass is 10.0. The van der Waals surface area contributed by atoms with Crippen LogP contribution in [0.4, 0.5) is 4.39 Å². The quantitative estimate of drug-likeness (QED) is 0.773. The zero-order valence-electron chi connectivity index (χ0n) is 11.4. The number of aliphatic hydroxyl groups is 1. The highest BCUT2D eigenvalue weighted by atomic mass is 19.1. The number of hydrogen-bond donors (Lipinski definition) is 1. The van der Waals surface area contributed by atoms with E-state index in [1.807, 2.05) is 6.92 Å². The number of aliphatic hydroxyl groups excluding tert-OH is 1. The van der Waals surface area contributed by atoms with E-state index in [0.717, 1.165) is 6.42 Å². The van der Waals surface area contributed by atoms with E-state index in [9.17, 15) is 14.3 Å². The number of halogens is 1. The first-order valence-electron chi connectivity index (χ1n) is 6.62. The number of alkyl halides is 1. The van der Waals surface area contributed by atoms with E-state index in [0.29, 0.717) is 12.0 Å². The van der Waals surface area contributed by atoms with Crippen molar-refractivity contribution in [1.82, 2.24) is 0 Å². The molecule has 0 aliphatic carbocycles. The topological polar surface area (TPSA) is 46.5 Å². The summed E-state index contributed by atoms with van der Waals surface area (Å²) in [5.74, 6) is -0.467. The average Bonchev–Trinajstić information content (AvgIpc) is 2.39. The molecule has 0 saturated heterocycles. The molecule has 106 valence electrons. The van der Waals surface area contributed by atoms with Gasteiger partial charge >= 0.3 is 5.97 Å². The Morgan fingerprint density at radius 1 is 1.37 bits per heavy atom. The average molecular weight is 268 g/mol. The van der Waals surface area contributed by atoms with Gasteiger partial charge in [0.05, 0.1) is 11.7 Å². The molecule has 3 nitrogen and oxygen atoms in total. The fourth-order valence-corrected chi connectivity index (χ4v) is 1.82. The van der Waals surface area contributed by atoms with Gasteiger partial charge in [-0.3, -0.25) is 0 Å². The number of benzene rings is 1. The second-order valence-corrected chi connectivity index (χ2v) is 4.69. The maximum atomic E-state index is 13.6. The first kappa shape index (κ1) is 15.6. The van der Waals surface area contributed by atoms with Gasteiger partial charge in [-0.25, -0.2) is 9.18 Å². The maximum Gasteiger partial charge on any atom is 0.338 e. The molecule has 19 heavy (non-hydrogen) atoms. The number of hydrogen-bond acceptors (Lipinski definition) is 3. The molecular formula is C15H21FO3. The van der Waals surface area contributed by atoms with Gasteiger partial charge in [-0.15, -0.1) is 0 Å². The predicted octanol–water partition coefficient (Wildman–Crippen LogP) is 3.12. The van der Waals surface area contributed by atoms with Crippen molar-refractivity contribution in [3.63, 3.8) is 0 Å². The predicted molar refractivity (Wildman–Crippen MR) is 71.7 cm³/mol. The van der Waals surface area contributed by atoms with Gasteiger partial charge < -0.3 is 9.84 Å². The summed E-state index contributed by atoms with van der Waals surface area (Å²) >= 11 is 0. The largest absolute Gasteiger partial charge is 0.459 e. The van der Waals surface area contributed by atoms with Crippen LogP contribution in [-0.2, 0) is 4.74 Å². The van der Waals surface area contributed by atoms with Gasteiger partial charge in [-0.05, 0) is 25.5 Å². The SMILES string of the molecule is CCCC(O)C(F)CC(C)OC(=O)c1ccccc1. The van der Waals surface area contributed by atoms with Crippen molar-refractivity contribution in [2.24, 2.45) is 0 Å². The van der Waals surface area contributed by atoms with Gasteiger partial charge in [0.1, 0.15) is 12.3 Å². The summed E-state index contributed by atoms with van der Waals surface area (Å²) in [6.45, 7) is 3.51. The van der Waals surface area contributed by atoms with Gasteiger partial charge in [-0.2, -0.15) is 0 Å². The van der Waals surface area contributed by atoms with Crippen LogP contribution >= 0.6 is 0 Å². The Morgan fingerprint density at radius 3 is 2.58 bits per heavy atom. The van der Waals surface area contributed by atoms with Crippen molar-refractivity contribution in [3.05, 3.63) is 35.9 Å². The molecule has 0 heterocycles. The highest BCUT2D eigenvalue weighted by Crippen LogP contribution is 2.15. The minimum absolute atomic E-state index is 0.0136. The van der Waals surface area contributed by atoms with Crippen LogP contribution in [0.15, 0.2) is 30.3 Å². The van der Waals surface area contributed by atoms with Crippen LogP contribution in [0.5, 0.6) is 0 Å². The van der Waals surface area contributed by atoms with Crippen molar-refractivity contribution >= 4 is 5.97 Å². The van der Waals surface area contributed by atoms with Crippen LogP contribution in [0.2, 0.25) is 0 Å². The number of ether oxygens (including phenoxy) is 1. The second-order valence-electron chi connectivity index (χ2n) is 4.69. The van der Waals surface area contributed by atoms with Crippen molar-refractivity contribution in [1.29, 1.82) is 0 Å². The molecular weight excluding hydrogens is 247 g/mol. The lowest BCUT2D eigenvalue weighted by Gasteiger charge is -2.19. The first-order chi connectivity index (χ1) is 9.04. The van der Waals surface area contributed by atoms with Crippen LogP contribution in [0.3, 0.4) is 0 Å². The van der Waals surface area contributed by atoms with E-state index in [1.165, 1.54) is 0 Å². The molecule has 0 saturated carbocycles. The Hall–Kier alpha value is -1.42. The molecule has 1 rings (SSSR count). The van der Waals surface area contributed by atoms with Gasteiger partial charge in [0.2, 0.25) is 0 Å². The summed E-state index contributed by atoms with van der Waals surface area (Å²) in [4.78, 5) is 11.7. The van der Waals surface area contributed by atoms with E-state index >= 15 is 0 Å². The highest BCUT2D eigenvalue weighted by Gasteiger charge is 2.22. The summed E-state index contributed by atoms with van der Waals surface area (Å²) in [7, 11) is 0. The minimum atomic E-state index is -1.36. The van der Waals surface area contributed by atoms with Crippen LogP contribution in [-0.4, -0.2) is 29.5 Å². The normalized spacial score (nSPS) is 15.6. The molecule has 3 unspecified atom stereocenters. The number of esters is 1. The molecule has 0 aliphatic heterocycles. The Labute approximate surface area is 113 Å². The number of carbonyl (C=O) groups is 1. The first-order valence-corrected chi connectivity index (χ1v) is 6.62. The molecule has 4 heteroatoms. The molecule has 0 bridgehead atoms. The third kappa shape index (κ3) is 5.39. The Morgan fingerprint density at radius 2 is 2.00 bits per heavy atom. The number of carbonyl (C=O) groups excluding carboxylic acids is 1. The van der Waals surface area contributed by atoms with Crippen molar-refractivity contribution in [2.75, 3.05) is 0 Å². The van der Waals surface area contributed by atoms with E-state index in [4.69, 9.17) is 4.74 Å². The summed E-state index contributed by atoms with van der Waals surface area (Å²) < 4.78 is 18.8. The van der Waals surface area contributed by atoms with Crippen molar-refractivity contribution in [3.8, 4) is 0 Å². The highest BCUT2D eigenvalue weighted by molar-refractivity contribution is 5.89. The molecule has 0 fully saturated rings. The second kappa shape index (κ2) is 7.89. The molecule has 1 aromatic rings. The van der Waals surface area contributed by atoms with E-state index in [-0.39, 0.29) is 6.42 Å². The molecule has 0 spiro atoms. The Bertz CT molecular complexity index is 380. The molecule has 0 radical (unpaired) electrons. The monoisotopic (exact) mass is 268 g/mol. The van der Waals surface area contributed by atoms with Crippen LogP contribution in [0.1, 0.15) is 43.5 Å². The zero-order chi connectivity index (χ0) is 14.3. The standard InChI is InChI=1S/C15H21FO3/c1-3-7-14(17)13(16)10-11(2)19-15(18)12-8-5-4-6-9-12/h4-6,8-9,11,13-14,17H,3,7,10H2,1-2H3. The third-order valence-electron chi connectivity index (χ3n) is 2.88. The summed E-state index contributed by atoms with van der Waals surface area (Å²) in [5.41, 5.74) is 0.443. The van der Waals surface area contributed by atoms with Gasteiger partial charge in [0.15, 0.2) is 0 Å². The van der Waals surface area contributed by atoms with Crippen molar-refractivity contribution < 1.29 is 19.0 Å². The fourth-order valence-electron chi connectivity index (χ4n) is 1.82. The lowest BCUT2D eigenvalue weighted by molar-refractivity contribution is 0.00829. The zero-order valence-corrected chi connectivity index (χ0v) is 11.4. The van der Waals surface area contributed by atoms with E-state index < -0.39 is 24.3 Å².